The van der Waals surface area contributed by atoms with Gasteiger partial charge in [0.2, 0.25) is 5.91 Å². The maximum Gasteiger partial charge on any atom is 0.331 e. The quantitative estimate of drug-likeness (QED) is 0.649. The number of rotatable bonds is 7. The predicted molar refractivity (Wildman–Crippen MR) is 119 cm³/mol. The zero-order valence-corrected chi connectivity index (χ0v) is 18.8. The second-order valence-electron chi connectivity index (χ2n) is 7.58. The van der Waals surface area contributed by atoms with Crippen molar-refractivity contribution in [2.75, 3.05) is 38.9 Å². The van der Waals surface area contributed by atoms with Gasteiger partial charge < -0.3 is 23.8 Å². The maximum atomic E-state index is 13.4. The van der Waals surface area contributed by atoms with Crippen molar-refractivity contribution in [1.29, 1.82) is 0 Å². The first-order chi connectivity index (χ1) is 15.5. The molecule has 2 aromatic rings. The second kappa shape index (κ2) is 8.98. The number of imide groups is 1. The number of urea groups is 1. The third-order valence-corrected chi connectivity index (χ3v) is 5.84. The Morgan fingerprint density at radius 1 is 0.906 bits per heavy atom. The van der Waals surface area contributed by atoms with Crippen molar-refractivity contribution in [3.63, 3.8) is 0 Å². The van der Waals surface area contributed by atoms with Gasteiger partial charge >= 0.3 is 6.03 Å². The lowest BCUT2D eigenvalue weighted by atomic mass is 9.88. The Bertz CT molecular complexity index is 1040. The van der Waals surface area contributed by atoms with Crippen LogP contribution in [-0.4, -0.2) is 50.8 Å². The van der Waals surface area contributed by atoms with Crippen molar-refractivity contribution in [2.24, 2.45) is 0 Å². The third-order valence-electron chi connectivity index (χ3n) is 5.84. The SMILES string of the molecule is CCOc1cc2c(cc1OCC)[C@@H]1CC(=O)N(c3ccc(OC)c(OC)c3)C(=O)N1CC2. The average molecular weight is 440 g/mol. The summed E-state index contributed by atoms with van der Waals surface area (Å²) in [4.78, 5) is 29.6. The summed E-state index contributed by atoms with van der Waals surface area (Å²) in [5.74, 6) is 2.07. The lowest BCUT2D eigenvalue weighted by Gasteiger charge is -2.43. The molecule has 1 atom stereocenters. The van der Waals surface area contributed by atoms with Crippen molar-refractivity contribution in [1.82, 2.24) is 4.90 Å². The highest BCUT2D eigenvalue weighted by Gasteiger charge is 2.43. The first-order valence-corrected chi connectivity index (χ1v) is 10.8. The van der Waals surface area contributed by atoms with E-state index in [4.69, 9.17) is 18.9 Å². The molecule has 0 N–H and O–H groups in total. The highest BCUT2D eigenvalue weighted by molar-refractivity contribution is 6.16. The van der Waals surface area contributed by atoms with Crippen LogP contribution in [0.2, 0.25) is 0 Å². The van der Waals surface area contributed by atoms with Gasteiger partial charge in [-0.15, -0.1) is 0 Å². The van der Waals surface area contributed by atoms with Gasteiger partial charge in [0.1, 0.15) is 0 Å². The van der Waals surface area contributed by atoms with E-state index in [2.05, 4.69) is 0 Å². The number of carbonyl (C=O) groups excluding carboxylic acids is 2. The van der Waals surface area contributed by atoms with Crippen LogP contribution < -0.4 is 23.8 Å². The van der Waals surface area contributed by atoms with Crippen molar-refractivity contribution in [2.45, 2.75) is 32.7 Å². The number of ether oxygens (including phenoxy) is 4. The van der Waals surface area contributed by atoms with Crippen LogP contribution in [0.4, 0.5) is 10.5 Å². The van der Waals surface area contributed by atoms with Crippen molar-refractivity contribution >= 4 is 17.6 Å². The zero-order chi connectivity index (χ0) is 22.8. The molecule has 3 amide bonds. The minimum Gasteiger partial charge on any atom is -0.493 e. The third kappa shape index (κ3) is 3.70. The molecule has 0 aliphatic carbocycles. The molecule has 8 heteroatoms. The van der Waals surface area contributed by atoms with Crippen molar-refractivity contribution in [3.8, 4) is 23.0 Å². The lowest BCUT2D eigenvalue weighted by molar-refractivity contribution is -0.120. The largest absolute Gasteiger partial charge is 0.493 e. The van der Waals surface area contributed by atoms with E-state index in [1.165, 1.54) is 19.1 Å². The van der Waals surface area contributed by atoms with Crippen LogP contribution in [-0.2, 0) is 11.2 Å². The van der Waals surface area contributed by atoms with Gasteiger partial charge in [-0.05, 0) is 55.7 Å². The number of anilines is 1. The van der Waals surface area contributed by atoms with Crippen LogP contribution in [0.25, 0.3) is 0 Å². The molecule has 170 valence electrons. The van der Waals surface area contributed by atoms with Crippen molar-refractivity contribution < 1.29 is 28.5 Å². The highest BCUT2D eigenvalue weighted by atomic mass is 16.5. The summed E-state index contributed by atoms with van der Waals surface area (Å²) >= 11 is 0. The normalized spacial score (nSPS) is 17.6. The Hall–Kier alpha value is -3.42. The molecule has 1 saturated heterocycles. The highest BCUT2D eigenvalue weighted by Crippen LogP contribution is 2.43. The Labute approximate surface area is 187 Å². The number of nitrogens with zero attached hydrogens (tertiary/aromatic N) is 2. The minimum atomic E-state index is -0.337. The van der Waals surface area contributed by atoms with E-state index >= 15 is 0 Å². The molecule has 0 radical (unpaired) electrons. The fourth-order valence-corrected chi connectivity index (χ4v) is 4.41. The van der Waals surface area contributed by atoms with E-state index < -0.39 is 0 Å². The summed E-state index contributed by atoms with van der Waals surface area (Å²) in [5.41, 5.74) is 2.48. The van der Waals surface area contributed by atoms with E-state index in [1.807, 2.05) is 26.0 Å². The van der Waals surface area contributed by atoms with E-state index in [0.29, 0.717) is 54.9 Å². The molecule has 2 aliphatic rings. The molecule has 4 rings (SSSR count). The van der Waals surface area contributed by atoms with Gasteiger partial charge in [0.15, 0.2) is 23.0 Å². The van der Waals surface area contributed by atoms with Crippen LogP contribution in [0.15, 0.2) is 30.3 Å². The fourth-order valence-electron chi connectivity index (χ4n) is 4.41. The summed E-state index contributed by atoms with van der Waals surface area (Å²) in [6, 6.07) is 8.27. The summed E-state index contributed by atoms with van der Waals surface area (Å²) < 4.78 is 22.1. The molecule has 8 nitrogen and oxygen atoms in total. The monoisotopic (exact) mass is 440 g/mol. The fraction of sp³-hybridized carbons (Fsp3) is 0.417. The first-order valence-electron chi connectivity index (χ1n) is 10.8. The number of amides is 3. The van der Waals surface area contributed by atoms with Crippen LogP contribution in [0.3, 0.4) is 0 Å². The molecule has 0 unspecified atom stereocenters. The number of benzene rings is 2. The zero-order valence-electron chi connectivity index (χ0n) is 18.8. The molecule has 0 aromatic heterocycles. The average Bonchev–Trinajstić information content (AvgIpc) is 2.79. The standard InChI is InChI=1S/C24H28N2O6/c1-5-31-21-11-15-9-10-25-18(17(15)13-22(21)32-6-2)14-23(27)26(24(25)28)16-7-8-19(29-3)20(12-16)30-4/h7-8,11-13,18H,5-6,9-10,14H2,1-4H3/t18-/m0/s1. The van der Waals surface area contributed by atoms with Crippen LogP contribution in [0, 0.1) is 0 Å². The van der Waals surface area contributed by atoms with E-state index in [-0.39, 0.29) is 24.4 Å². The van der Waals surface area contributed by atoms with Gasteiger partial charge in [-0.2, -0.15) is 0 Å². The van der Waals surface area contributed by atoms with E-state index in [9.17, 15) is 9.59 Å². The summed E-state index contributed by atoms with van der Waals surface area (Å²) in [5, 5.41) is 0. The van der Waals surface area contributed by atoms with Gasteiger partial charge in [-0.25, -0.2) is 9.69 Å². The first kappa shape index (κ1) is 21.8. The summed E-state index contributed by atoms with van der Waals surface area (Å²) in [6.07, 6.45) is 0.866. The van der Waals surface area contributed by atoms with Crippen LogP contribution in [0.1, 0.15) is 37.4 Å². The summed E-state index contributed by atoms with van der Waals surface area (Å²) in [7, 11) is 3.06. The number of fused-ring (bicyclic) bond motifs is 3. The molecule has 32 heavy (non-hydrogen) atoms. The number of carbonyl (C=O) groups is 2. The molecular weight excluding hydrogens is 412 g/mol. The maximum absolute atomic E-state index is 13.4. The number of hydrogen-bond acceptors (Lipinski definition) is 6. The van der Waals surface area contributed by atoms with Gasteiger partial charge in [0.05, 0.1) is 45.6 Å². The molecule has 0 saturated carbocycles. The lowest BCUT2D eigenvalue weighted by Crippen LogP contribution is -2.55. The second-order valence-corrected chi connectivity index (χ2v) is 7.58. The van der Waals surface area contributed by atoms with Crippen molar-refractivity contribution in [3.05, 3.63) is 41.5 Å². The Morgan fingerprint density at radius 3 is 2.25 bits per heavy atom. The summed E-state index contributed by atoms with van der Waals surface area (Å²) in [6.45, 7) is 5.39. The van der Waals surface area contributed by atoms with Gasteiger partial charge in [0, 0.05) is 12.6 Å². The molecule has 0 bridgehead atoms. The minimum absolute atomic E-state index is 0.187. The van der Waals surface area contributed by atoms with Gasteiger partial charge in [-0.3, -0.25) is 4.79 Å². The number of hydrogen-bond donors (Lipinski definition) is 0. The molecule has 0 spiro atoms. The van der Waals surface area contributed by atoms with Crippen LogP contribution >= 0.6 is 0 Å². The van der Waals surface area contributed by atoms with Crippen LogP contribution in [0.5, 0.6) is 23.0 Å². The van der Waals surface area contributed by atoms with E-state index in [1.54, 1.807) is 23.1 Å². The smallest absolute Gasteiger partial charge is 0.331 e. The van der Waals surface area contributed by atoms with Gasteiger partial charge in [-0.1, -0.05) is 0 Å². The predicted octanol–water partition coefficient (Wildman–Crippen LogP) is 3.96. The van der Waals surface area contributed by atoms with Gasteiger partial charge in [0.25, 0.3) is 0 Å². The van der Waals surface area contributed by atoms with E-state index in [0.717, 1.165) is 11.1 Å². The Kier molecular flexibility index (Phi) is 6.12. The molecule has 2 aromatic carbocycles. The molecular formula is C24H28N2O6. The topological polar surface area (TPSA) is 77.5 Å². The Balaban J connectivity index is 1.68. The molecule has 2 aliphatic heterocycles. The number of methoxy groups -OCH3 is 2. The molecule has 1 fully saturated rings. The molecule has 2 heterocycles. The Morgan fingerprint density at radius 2 is 1.59 bits per heavy atom.